The van der Waals surface area contributed by atoms with E-state index in [2.05, 4.69) is 12.0 Å². The van der Waals surface area contributed by atoms with Gasteiger partial charge in [0.25, 0.3) is 0 Å². The number of hydrogen-bond acceptors (Lipinski definition) is 2. The van der Waals surface area contributed by atoms with Crippen LogP contribution in [0.1, 0.15) is 6.42 Å². The van der Waals surface area contributed by atoms with Crippen molar-refractivity contribution in [3.8, 4) is 0 Å². The Bertz CT molecular complexity index is 23.0. The zero-order valence-electron chi connectivity index (χ0n) is 3.53. The molecule has 1 aliphatic rings. The van der Waals surface area contributed by atoms with E-state index in [0.717, 1.165) is 19.6 Å². The molecule has 0 bridgehead atoms. The summed E-state index contributed by atoms with van der Waals surface area (Å²) in [5.41, 5.74) is 0. The second-order valence-corrected chi connectivity index (χ2v) is 1.23. The van der Waals surface area contributed by atoms with Crippen LogP contribution < -0.4 is 5.32 Å². The Hall–Kier alpha value is -0.0800. The fourth-order valence-electron chi connectivity index (χ4n) is 0.386. The van der Waals surface area contributed by atoms with E-state index in [1.807, 2.05) is 0 Å². The first kappa shape index (κ1) is 4.09. The van der Waals surface area contributed by atoms with Crippen molar-refractivity contribution in [1.29, 1.82) is 0 Å². The zero-order valence-corrected chi connectivity index (χ0v) is 3.53. The first-order valence-electron chi connectivity index (χ1n) is 2.10. The van der Waals surface area contributed by atoms with E-state index in [1.54, 1.807) is 0 Å². The summed E-state index contributed by atoms with van der Waals surface area (Å²) in [5.74, 6) is 0. The SMILES string of the molecule is [C]1NCCCO1. The molecule has 1 rings (SSSR count). The predicted molar refractivity (Wildman–Crippen MR) is 21.8 cm³/mol. The van der Waals surface area contributed by atoms with Gasteiger partial charge in [-0.1, -0.05) is 0 Å². The van der Waals surface area contributed by atoms with Gasteiger partial charge < -0.3 is 4.74 Å². The molecular formula is C4H7NO. The van der Waals surface area contributed by atoms with Gasteiger partial charge in [0.05, 0.1) is 6.61 Å². The number of ether oxygens (including phenoxy) is 1. The van der Waals surface area contributed by atoms with Crippen LogP contribution in [0.3, 0.4) is 0 Å². The van der Waals surface area contributed by atoms with Crippen LogP contribution in [-0.2, 0) is 4.74 Å². The van der Waals surface area contributed by atoms with Gasteiger partial charge in [-0.25, -0.2) is 0 Å². The fourth-order valence-corrected chi connectivity index (χ4v) is 0.386. The van der Waals surface area contributed by atoms with Crippen LogP contribution in [0.2, 0.25) is 0 Å². The standard InChI is InChI=1S/C4H7NO/c1-2-5-4-6-3-1/h5H,1-3H2. The lowest BCUT2D eigenvalue weighted by Crippen LogP contribution is -2.21. The van der Waals surface area contributed by atoms with Gasteiger partial charge in [-0.2, -0.15) is 0 Å². The van der Waals surface area contributed by atoms with Crippen molar-refractivity contribution in [2.45, 2.75) is 6.42 Å². The van der Waals surface area contributed by atoms with Crippen LogP contribution in [0.25, 0.3) is 0 Å². The van der Waals surface area contributed by atoms with E-state index in [4.69, 9.17) is 4.74 Å². The van der Waals surface area contributed by atoms with Crippen molar-refractivity contribution < 1.29 is 4.74 Å². The quantitative estimate of drug-likeness (QED) is 0.446. The monoisotopic (exact) mass is 85.1 g/mol. The second kappa shape index (κ2) is 2.16. The van der Waals surface area contributed by atoms with Crippen LogP contribution in [0.5, 0.6) is 0 Å². The maximum absolute atomic E-state index is 4.71. The van der Waals surface area contributed by atoms with Gasteiger partial charge in [0, 0.05) is 6.54 Å². The average Bonchev–Trinajstić information content (AvgIpc) is 1.72. The summed E-state index contributed by atoms with van der Waals surface area (Å²) in [7, 11) is 0. The molecule has 0 aromatic carbocycles. The van der Waals surface area contributed by atoms with Gasteiger partial charge in [-0.05, 0) is 6.42 Å². The Kier molecular flexibility index (Phi) is 1.47. The molecule has 0 unspecified atom stereocenters. The maximum atomic E-state index is 4.71. The Morgan fingerprint density at radius 2 is 2.67 bits per heavy atom. The molecule has 0 atom stereocenters. The number of hydrogen-bond donors (Lipinski definition) is 1. The third-order valence-electron chi connectivity index (χ3n) is 0.693. The molecule has 1 aliphatic heterocycles. The third-order valence-corrected chi connectivity index (χ3v) is 0.693. The maximum Gasteiger partial charge on any atom is 0.214 e. The normalized spacial score (nSPS) is 24.0. The molecule has 0 aromatic rings. The molecule has 1 N–H and O–H groups in total. The first-order chi connectivity index (χ1) is 3.00. The highest BCUT2D eigenvalue weighted by molar-refractivity contribution is 4.54. The molecule has 0 aromatic heterocycles. The highest BCUT2D eigenvalue weighted by Gasteiger charge is 1.95. The van der Waals surface area contributed by atoms with E-state index in [9.17, 15) is 0 Å². The molecule has 1 saturated heterocycles. The van der Waals surface area contributed by atoms with E-state index in [1.165, 1.54) is 0 Å². The summed E-state index contributed by atoms with van der Waals surface area (Å²) < 4.78 is 4.71. The molecular weight excluding hydrogens is 78.0 g/mol. The lowest BCUT2D eigenvalue weighted by molar-refractivity contribution is 0.146. The lowest BCUT2D eigenvalue weighted by atomic mass is 10.4. The molecule has 0 saturated carbocycles. The summed E-state index contributed by atoms with van der Waals surface area (Å²) in [5, 5.41) is 2.81. The van der Waals surface area contributed by atoms with E-state index >= 15 is 0 Å². The molecule has 6 heavy (non-hydrogen) atoms. The second-order valence-electron chi connectivity index (χ2n) is 1.23. The van der Waals surface area contributed by atoms with Crippen LogP contribution in [0.4, 0.5) is 0 Å². The lowest BCUT2D eigenvalue weighted by Gasteiger charge is -2.07. The van der Waals surface area contributed by atoms with Gasteiger partial charge in [0.2, 0.25) is 6.73 Å². The van der Waals surface area contributed by atoms with Crippen LogP contribution in [0, 0.1) is 6.73 Å². The summed E-state index contributed by atoms with van der Waals surface area (Å²) in [4.78, 5) is 0. The van der Waals surface area contributed by atoms with Crippen molar-refractivity contribution in [2.75, 3.05) is 13.2 Å². The van der Waals surface area contributed by atoms with Crippen molar-refractivity contribution >= 4 is 0 Å². The Labute approximate surface area is 37.5 Å². The zero-order chi connectivity index (χ0) is 4.24. The van der Waals surface area contributed by atoms with Crippen LogP contribution >= 0.6 is 0 Å². The molecule has 2 radical (unpaired) electrons. The van der Waals surface area contributed by atoms with Crippen molar-refractivity contribution in [1.82, 2.24) is 5.32 Å². The van der Waals surface area contributed by atoms with E-state index in [0.29, 0.717) is 0 Å². The minimum Gasteiger partial charge on any atom is -0.352 e. The van der Waals surface area contributed by atoms with Gasteiger partial charge in [-0.3, -0.25) is 5.32 Å². The largest absolute Gasteiger partial charge is 0.352 e. The van der Waals surface area contributed by atoms with Gasteiger partial charge >= 0.3 is 0 Å². The van der Waals surface area contributed by atoms with Crippen molar-refractivity contribution in [2.24, 2.45) is 0 Å². The smallest absolute Gasteiger partial charge is 0.214 e. The molecule has 1 fully saturated rings. The van der Waals surface area contributed by atoms with E-state index < -0.39 is 0 Å². The number of nitrogens with one attached hydrogen (secondary N) is 1. The van der Waals surface area contributed by atoms with Crippen LogP contribution in [0.15, 0.2) is 0 Å². The van der Waals surface area contributed by atoms with Gasteiger partial charge in [-0.15, -0.1) is 0 Å². The number of rotatable bonds is 0. The Morgan fingerprint density at radius 1 is 1.67 bits per heavy atom. The minimum atomic E-state index is 0.826. The average molecular weight is 85.1 g/mol. The van der Waals surface area contributed by atoms with E-state index in [-0.39, 0.29) is 0 Å². The Morgan fingerprint density at radius 3 is 2.83 bits per heavy atom. The minimum absolute atomic E-state index is 0.826. The summed E-state index contributed by atoms with van der Waals surface area (Å²) in [6, 6.07) is 0. The topological polar surface area (TPSA) is 21.3 Å². The third kappa shape index (κ3) is 0.954. The van der Waals surface area contributed by atoms with Crippen molar-refractivity contribution in [3.63, 3.8) is 0 Å². The van der Waals surface area contributed by atoms with Gasteiger partial charge in [0.15, 0.2) is 0 Å². The van der Waals surface area contributed by atoms with Crippen LogP contribution in [-0.4, -0.2) is 13.2 Å². The fraction of sp³-hybridized carbons (Fsp3) is 0.750. The molecule has 0 amide bonds. The summed E-state index contributed by atoms with van der Waals surface area (Å²) >= 11 is 0. The molecule has 2 nitrogen and oxygen atoms in total. The molecule has 2 heteroatoms. The van der Waals surface area contributed by atoms with Gasteiger partial charge in [0.1, 0.15) is 0 Å². The Balaban J connectivity index is 2.00. The highest BCUT2D eigenvalue weighted by Crippen LogP contribution is 1.88. The highest BCUT2D eigenvalue weighted by atomic mass is 16.5. The summed E-state index contributed by atoms with van der Waals surface area (Å²) in [6.45, 7) is 4.38. The molecule has 1 heterocycles. The molecule has 34 valence electrons. The summed E-state index contributed by atoms with van der Waals surface area (Å²) in [6.07, 6.45) is 1.10. The molecule has 0 aliphatic carbocycles. The predicted octanol–water partition coefficient (Wildman–Crippen LogP) is -0.00741. The first-order valence-corrected chi connectivity index (χ1v) is 2.10. The van der Waals surface area contributed by atoms with Crippen molar-refractivity contribution in [3.05, 3.63) is 6.73 Å². The molecule has 0 spiro atoms.